The van der Waals surface area contributed by atoms with Crippen molar-refractivity contribution in [2.45, 2.75) is 6.42 Å². The van der Waals surface area contributed by atoms with Crippen molar-refractivity contribution < 1.29 is 9.13 Å². The van der Waals surface area contributed by atoms with E-state index < -0.39 is 0 Å². The molecule has 0 aliphatic carbocycles. The van der Waals surface area contributed by atoms with Crippen molar-refractivity contribution in [2.75, 3.05) is 13.7 Å². The van der Waals surface area contributed by atoms with Crippen LogP contribution in [0.5, 0.6) is 5.75 Å². The quantitative estimate of drug-likeness (QED) is 0.828. The first-order valence-electron chi connectivity index (χ1n) is 6.10. The molecule has 0 radical (unpaired) electrons. The largest absolute Gasteiger partial charge is 0.494 e. The van der Waals surface area contributed by atoms with E-state index in [1.54, 1.807) is 12.3 Å². The number of aromatic nitrogens is 1. The predicted octanol–water partition coefficient (Wildman–Crippen LogP) is 2.87. The highest BCUT2D eigenvalue weighted by molar-refractivity contribution is 5.84. The van der Waals surface area contributed by atoms with Gasteiger partial charge in [-0.25, -0.2) is 4.39 Å². The fourth-order valence-corrected chi connectivity index (χ4v) is 2.17. The number of ether oxygens (including phenoxy) is 1. The number of methoxy groups -OCH3 is 1. The summed E-state index contributed by atoms with van der Waals surface area (Å²) in [6.45, 7) is 0.788. The average Bonchev–Trinajstić information content (AvgIpc) is 2.46. The Bertz CT molecular complexity index is 653. The summed E-state index contributed by atoms with van der Waals surface area (Å²) in [5, 5.41) is 0. The molecule has 2 aromatic rings. The van der Waals surface area contributed by atoms with Gasteiger partial charge in [-0.05, 0) is 23.8 Å². The maximum absolute atomic E-state index is 13.7. The number of nitrogens with zero attached hydrogens (tertiary/aromatic N) is 2. The van der Waals surface area contributed by atoms with Crippen molar-refractivity contribution in [3.63, 3.8) is 0 Å². The van der Waals surface area contributed by atoms with Gasteiger partial charge in [0.15, 0.2) is 11.6 Å². The van der Waals surface area contributed by atoms with Crippen LogP contribution in [0, 0.1) is 5.82 Å². The highest BCUT2D eigenvalue weighted by Crippen LogP contribution is 2.26. The van der Waals surface area contributed by atoms with Crippen LogP contribution in [0.2, 0.25) is 0 Å². The van der Waals surface area contributed by atoms with Crippen LogP contribution in [-0.4, -0.2) is 24.9 Å². The minimum absolute atomic E-state index is 0.247. The van der Waals surface area contributed by atoms with Gasteiger partial charge in [0.05, 0.1) is 12.8 Å². The van der Waals surface area contributed by atoms with Crippen molar-refractivity contribution in [3.8, 4) is 16.9 Å². The smallest absolute Gasteiger partial charge is 0.165 e. The van der Waals surface area contributed by atoms with Gasteiger partial charge < -0.3 is 4.74 Å². The molecule has 0 N–H and O–H groups in total. The Balaban J connectivity index is 2.03. The molecular formula is C15H13FN2O. The lowest BCUT2D eigenvalue weighted by molar-refractivity contribution is 0.386. The molecular weight excluding hydrogens is 243 g/mol. The van der Waals surface area contributed by atoms with Gasteiger partial charge >= 0.3 is 0 Å². The zero-order valence-corrected chi connectivity index (χ0v) is 10.6. The fourth-order valence-electron chi connectivity index (χ4n) is 2.17. The molecule has 0 amide bonds. The molecule has 3 rings (SSSR count). The minimum Gasteiger partial charge on any atom is -0.494 e. The molecule has 0 spiro atoms. The van der Waals surface area contributed by atoms with E-state index in [1.165, 1.54) is 13.2 Å². The third kappa shape index (κ3) is 2.21. The molecule has 1 aromatic heterocycles. The van der Waals surface area contributed by atoms with E-state index in [-0.39, 0.29) is 11.6 Å². The third-order valence-corrected chi connectivity index (χ3v) is 3.20. The summed E-state index contributed by atoms with van der Waals surface area (Å²) in [6, 6.07) is 6.90. The maximum Gasteiger partial charge on any atom is 0.165 e. The SMILES string of the molecule is COc1ccc(-c2cnc3c(c2)C=NCC3)cc1F. The van der Waals surface area contributed by atoms with Gasteiger partial charge in [-0.1, -0.05) is 6.07 Å². The lowest BCUT2D eigenvalue weighted by atomic mass is 10.0. The first-order valence-corrected chi connectivity index (χ1v) is 6.10. The monoisotopic (exact) mass is 256 g/mol. The summed E-state index contributed by atoms with van der Waals surface area (Å²) in [6.07, 6.45) is 4.47. The minimum atomic E-state index is -0.369. The second-order valence-electron chi connectivity index (χ2n) is 4.39. The second kappa shape index (κ2) is 4.80. The summed E-state index contributed by atoms with van der Waals surface area (Å²) in [7, 11) is 1.45. The summed E-state index contributed by atoms with van der Waals surface area (Å²) < 4.78 is 18.6. The Morgan fingerprint density at radius 1 is 1.21 bits per heavy atom. The van der Waals surface area contributed by atoms with Crippen LogP contribution in [0.25, 0.3) is 11.1 Å². The van der Waals surface area contributed by atoms with Crippen LogP contribution in [0.1, 0.15) is 11.3 Å². The number of fused-ring (bicyclic) bond motifs is 1. The first-order chi connectivity index (χ1) is 9.28. The fraction of sp³-hybridized carbons (Fsp3) is 0.200. The molecule has 1 aliphatic heterocycles. The van der Waals surface area contributed by atoms with Crippen molar-refractivity contribution in [3.05, 3.63) is 47.5 Å². The van der Waals surface area contributed by atoms with Crippen LogP contribution in [0.15, 0.2) is 35.5 Å². The zero-order valence-electron chi connectivity index (χ0n) is 10.6. The van der Waals surface area contributed by atoms with Crippen LogP contribution in [0.4, 0.5) is 4.39 Å². The van der Waals surface area contributed by atoms with E-state index in [4.69, 9.17) is 4.74 Å². The number of rotatable bonds is 2. The molecule has 0 bridgehead atoms. The van der Waals surface area contributed by atoms with E-state index in [1.807, 2.05) is 18.3 Å². The standard InChI is InChI=1S/C15H13FN2O/c1-19-15-3-2-10(7-13(15)16)11-6-12-8-17-5-4-14(12)18-9-11/h2-3,6-9H,4-5H2,1H3. The Morgan fingerprint density at radius 3 is 2.89 bits per heavy atom. The molecule has 3 nitrogen and oxygen atoms in total. The van der Waals surface area contributed by atoms with Crippen LogP contribution in [-0.2, 0) is 6.42 Å². The molecule has 0 saturated heterocycles. The van der Waals surface area contributed by atoms with Gasteiger partial charge in [0.2, 0.25) is 0 Å². The molecule has 0 saturated carbocycles. The Morgan fingerprint density at radius 2 is 2.11 bits per heavy atom. The Labute approximate surface area is 110 Å². The first kappa shape index (κ1) is 11.8. The molecule has 4 heteroatoms. The average molecular weight is 256 g/mol. The highest BCUT2D eigenvalue weighted by Gasteiger charge is 2.10. The van der Waals surface area contributed by atoms with Gasteiger partial charge in [0.25, 0.3) is 0 Å². The van der Waals surface area contributed by atoms with Crippen LogP contribution in [0.3, 0.4) is 0 Å². The highest BCUT2D eigenvalue weighted by atomic mass is 19.1. The summed E-state index contributed by atoms with van der Waals surface area (Å²) >= 11 is 0. The van der Waals surface area contributed by atoms with Crippen molar-refractivity contribution in [1.29, 1.82) is 0 Å². The van der Waals surface area contributed by atoms with Crippen LogP contribution >= 0.6 is 0 Å². The molecule has 0 unspecified atom stereocenters. The van der Waals surface area contributed by atoms with Gasteiger partial charge in [-0.2, -0.15) is 0 Å². The number of aliphatic imine (C=N–C) groups is 1. The third-order valence-electron chi connectivity index (χ3n) is 3.20. The lowest BCUT2D eigenvalue weighted by Gasteiger charge is -2.11. The number of hydrogen-bond acceptors (Lipinski definition) is 3. The van der Waals surface area contributed by atoms with Crippen molar-refractivity contribution >= 4 is 6.21 Å². The summed E-state index contributed by atoms with van der Waals surface area (Å²) in [4.78, 5) is 8.66. The van der Waals surface area contributed by atoms with Crippen molar-refractivity contribution in [1.82, 2.24) is 4.98 Å². The zero-order chi connectivity index (χ0) is 13.2. The maximum atomic E-state index is 13.7. The molecule has 2 heterocycles. The predicted molar refractivity (Wildman–Crippen MR) is 72.3 cm³/mol. The van der Waals surface area contributed by atoms with E-state index in [0.717, 1.165) is 35.3 Å². The molecule has 0 atom stereocenters. The van der Waals surface area contributed by atoms with Crippen molar-refractivity contribution in [2.24, 2.45) is 4.99 Å². The molecule has 0 fully saturated rings. The molecule has 19 heavy (non-hydrogen) atoms. The Hall–Kier alpha value is -2.23. The summed E-state index contributed by atoms with van der Waals surface area (Å²) in [5.41, 5.74) is 3.73. The normalized spacial score (nSPS) is 13.2. The van der Waals surface area contributed by atoms with Gasteiger partial charge in [-0.15, -0.1) is 0 Å². The second-order valence-corrected chi connectivity index (χ2v) is 4.39. The van der Waals surface area contributed by atoms with Crippen LogP contribution < -0.4 is 4.74 Å². The number of benzene rings is 1. The van der Waals surface area contributed by atoms with E-state index in [9.17, 15) is 4.39 Å². The van der Waals surface area contributed by atoms with Gasteiger partial charge in [-0.3, -0.25) is 9.98 Å². The topological polar surface area (TPSA) is 34.5 Å². The summed E-state index contributed by atoms with van der Waals surface area (Å²) in [5.74, 6) is -0.123. The molecule has 1 aromatic carbocycles. The number of halogens is 1. The number of pyridine rings is 1. The van der Waals surface area contributed by atoms with Gasteiger partial charge in [0, 0.05) is 36.5 Å². The van der Waals surface area contributed by atoms with E-state index in [2.05, 4.69) is 9.98 Å². The van der Waals surface area contributed by atoms with E-state index >= 15 is 0 Å². The lowest BCUT2D eigenvalue weighted by Crippen LogP contribution is -2.05. The van der Waals surface area contributed by atoms with Gasteiger partial charge in [0.1, 0.15) is 0 Å². The Kier molecular flexibility index (Phi) is 2.99. The molecule has 96 valence electrons. The van der Waals surface area contributed by atoms with E-state index in [0.29, 0.717) is 0 Å². The molecule has 1 aliphatic rings. The number of hydrogen-bond donors (Lipinski definition) is 0.